The number of aliphatic hydroxyl groups is 1. The summed E-state index contributed by atoms with van der Waals surface area (Å²) >= 11 is 0. The van der Waals surface area contributed by atoms with Gasteiger partial charge in [-0.25, -0.2) is 0 Å². The van der Waals surface area contributed by atoms with Gasteiger partial charge in [0, 0.05) is 38.8 Å². The second kappa shape index (κ2) is 7.25. The molecule has 4 nitrogen and oxygen atoms in total. The van der Waals surface area contributed by atoms with Crippen LogP contribution in [-0.4, -0.2) is 48.3 Å². The third-order valence-electron chi connectivity index (χ3n) is 4.67. The van der Waals surface area contributed by atoms with Crippen LogP contribution in [0.3, 0.4) is 0 Å². The third-order valence-corrected chi connectivity index (χ3v) is 4.67. The number of carbonyl (C=O) groups excluding carboxylic acids is 1. The van der Waals surface area contributed by atoms with Gasteiger partial charge in [0.15, 0.2) is 0 Å². The van der Waals surface area contributed by atoms with Crippen LogP contribution in [0.15, 0.2) is 0 Å². The first kappa shape index (κ1) is 14.8. The Hall–Kier alpha value is -0.610. The molecule has 0 aromatic carbocycles. The summed E-state index contributed by atoms with van der Waals surface area (Å²) in [5.41, 5.74) is 0. The van der Waals surface area contributed by atoms with E-state index >= 15 is 0 Å². The molecule has 1 amide bonds. The van der Waals surface area contributed by atoms with Gasteiger partial charge in [-0.2, -0.15) is 0 Å². The molecule has 2 unspecified atom stereocenters. The second-order valence-electron chi connectivity index (χ2n) is 6.12. The SMILES string of the molecule is CC1CCC(CO)CN1C(=O)CCC1CCOCC1. The van der Waals surface area contributed by atoms with E-state index < -0.39 is 0 Å². The largest absolute Gasteiger partial charge is 0.396 e. The minimum absolute atomic E-state index is 0.205. The van der Waals surface area contributed by atoms with Gasteiger partial charge in [0.25, 0.3) is 0 Å². The predicted octanol–water partition coefficient (Wildman–Crippen LogP) is 1.81. The average molecular weight is 269 g/mol. The van der Waals surface area contributed by atoms with Crippen molar-refractivity contribution >= 4 is 5.91 Å². The van der Waals surface area contributed by atoms with Crippen LogP contribution in [0.1, 0.15) is 45.4 Å². The first-order chi connectivity index (χ1) is 9.20. The Bertz CT molecular complexity index is 289. The molecule has 1 N–H and O–H groups in total. The second-order valence-corrected chi connectivity index (χ2v) is 6.12. The van der Waals surface area contributed by atoms with Gasteiger partial charge < -0.3 is 14.7 Å². The lowest BCUT2D eigenvalue weighted by molar-refractivity contribution is -0.136. The van der Waals surface area contributed by atoms with Crippen molar-refractivity contribution in [1.29, 1.82) is 0 Å². The third kappa shape index (κ3) is 4.18. The highest BCUT2D eigenvalue weighted by Crippen LogP contribution is 2.25. The van der Waals surface area contributed by atoms with Crippen LogP contribution in [0, 0.1) is 11.8 Å². The number of ether oxygens (including phenoxy) is 1. The smallest absolute Gasteiger partial charge is 0.222 e. The number of likely N-dealkylation sites (tertiary alicyclic amines) is 1. The zero-order valence-electron chi connectivity index (χ0n) is 12.0. The molecule has 0 aromatic heterocycles. The predicted molar refractivity (Wildman–Crippen MR) is 73.8 cm³/mol. The van der Waals surface area contributed by atoms with Crippen molar-refractivity contribution < 1.29 is 14.6 Å². The summed E-state index contributed by atoms with van der Waals surface area (Å²) in [5, 5.41) is 9.26. The Morgan fingerprint density at radius 2 is 1.95 bits per heavy atom. The summed E-state index contributed by atoms with van der Waals surface area (Å²) < 4.78 is 5.35. The molecule has 2 aliphatic rings. The van der Waals surface area contributed by atoms with Gasteiger partial charge in [-0.3, -0.25) is 4.79 Å². The Labute approximate surface area is 116 Å². The monoisotopic (exact) mass is 269 g/mol. The zero-order chi connectivity index (χ0) is 13.7. The van der Waals surface area contributed by atoms with Crippen LogP contribution in [0.5, 0.6) is 0 Å². The van der Waals surface area contributed by atoms with Crippen molar-refractivity contribution in [3.63, 3.8) is 0 Å². The fourth-order valence-corrected chi connectivity index (χ4v) is 3.19. The first-order valence-electron chi connectivity index (χ1n) is 7.68. The van der Waals surface area contributed by atoms with Crippen LogP contribution < -0.4 is 0 Å². The summed E-state index contributed by atoms with van der Waals surface area (Å²) in [4.78, 5) is 14.3. The van der Waals surface area contributed by atoms with Gasteiger partial charge in [0.2, 0.25) is 5.91 Å². The zero-order valence-corrected chi connectivity index (χ0v) is 12.0. The summed E-state index contributed by atoms with van der Waals surface area (Å²) in [6.45, 7) is 4.78. The highest BCUT2D eigenvalue weighted by molar-refractivity contribution is 5.76. The van der Waals surface area contributed by atoms with E-state index in [1.807, 2.05) is 4.90 Å². The molecule has 0 aromatic rings. The Balaban J connectivity index is 1.77. The van der Waals surface area contributed by atoms with Crippen molar-refractivity contribution in [2.24, 2.45) is 11.8 Å². The molecule has 19 heavy (non-hydrogen) atoms. The van der Waals surface area contributed by atoms with Crippen molar-refractivity contribution in [2.75, 3.05) is 26.4 Å². The van der Waals surface area contributed by atoms with Gasteiger partial charge in [-0.1, -0.05) is 0 Å². The molecule has 2 saturated heterocycles. The highest BCUT2D eigenvalue weighted by Gasteiger charge is 2.28. The molecule has 2 fully saturated rings. The Kier molecular flexibility index (Phi) is 5.64. The van der Waals surface area contributed by atoms with Crippen LogP contribution in [0.4, 0.5) is 0 Å². The molecular weight excluding hydrogens is 242 g/mol. The van der Waals surface area contributed by atoms with E-state index in [0.29, 0.717) is 18.4 Å². The standard InChI is InChI=1S/C15H27NO3/c1-12-2-3-14(11-17)10-16(12)15(18)5-4-13-6-8-19-9-7-13/h12-14,17H,2-11H2,1H3. The van der Waals surface area contributed by atoms with E-state index in [1.54, 1.807) is 0 Å². The fraction of sp³-hybridized carbons (Fsp3) is 0.933. The van der Waals surface area contributed by atoms with E-state index in [2.05, 4.69) is 6.92 Å². The van der Waals surface area contributed by atoms with Crippen molar-refractivity contribution in [3.05, 3.63) is 0 Å². The minimum atomic E-state index is 0.205. The average Bonchev–Trinajstić information content (AvgIpc) is 2.46. The van der Waals surface area contributed by atoms with Crippen molar-refractivity contribution in [3.8, 4) is 0 Å². The number of hydrogen-bond acceptors (Lipinski definition) is 3. The van der Waals surface area contributed by atoms with Crippen molar-refractivity contribution in [1.82, 2.24) is 4.90 Å². The van der Waals surface area contributed by atoms with Crippen LogP contribution >= 0.6 is 0 Å². The molecule has 0 aliphatic carbocycles. The molecule has 4 heteroatoms. The number of rotatable bonds is 4. The number of nitrogens with zero attached hydrogens (tertiary/aromatic N) is 1. The van der Waals surface area contributed by atoms with Gasteiger partial charge in [-0.15, -0.1) is 0 Å². The maximum atomic E-state index is 12.3. The van der Waals surface area contributed by atoms with E-state index in [9.17, 15) is 9.90 Å². The number of hydrogen-bond donors (Lipinski definition) is 1. The summed E-state index contributed by atoms with van der Waals surface area (Å²) in [6.07, 6.45) is 5.92. The lowest BCUT2D eigenvalue weighted by atomic mass is 9.92. The lowest BCUT2D eigenvalue weighted by Gasteiger charge is -2.38. The van der Waals surface area contributed by atoms with E-state index in [1.165, 1.54) is 0 Å². The van der Waals surface area contributed by atoms with E-state index in [0.717, 1.165) is 51.9 Å². The molecule has 2 heterocycles. The van der Waals surface area contributed by atoms with Crippen LogP contribution in [-0.2, 0) is 9.53 Å². The van der Waals surface area contributed by atoms with Gasteiger partial charge >= 0.3 is 0 Å². The van der Waals surface area contributed by atoms with E-state index in [-0.39, 0.29) is 18.4 Å². The van der Waals surface area contributed by atoms with E-state index in [4.69, 9.17) is 4.74 Å². The maximum Gasteiger partial charge on any atom is 0.222 e. The molecule has 2 aliphatic heterocycles. The molecule has 2 atom stereocenters. The summed E-state index contributed by atoms with van der Waals surface area (Å²) in [7, 11) is 0. The van der Waals surface area contributed by atoms with Gasteiger partial charge in [0.05, 0.1) is 0 Å². The molecular formula is C15H27NO3. The number of amides is 1. The molecule has 110 valence electrons. The molecule has 2 rings (SSSR count). The molecule has 0 bridgehead atoms. The topological polar surface area (TPSA) is 49.8 Å². The number of carbonyl (C=O) groups is 1. The van der Waals surface area contributed by atoms with Crippen LogP contribution in [0.25, 0.3) is 0 Å². The van der Waals surface area contributed by atoms with Gasteiger partial charge in [-0.05, 0) is 50.9 Å². The van der Waals surface area contributed by atoms with Gasteiger partial charge in [0.1, 0.15) is 0 Å². The molecule has 0 radical (unpaired) electrons. The molecule has 0 saturated carbocycles. The fourth-order valence-electron chi connectivity index (χ4n) is 3.19. The van der Waals surface area contributed by atoms with Crippen LogP contribution in [0.2, 0.25) is 0 Å². The summed E-state index contributed by atoms with van der Waals surface area (Å²) in [5.74, 6) is 1.21. The van der Waals surface area contributed by atoms with Crippen molar-refractivity contribution in [2.45, 2.75) is 51.5 Å². The number of piperidine rings is 1. The summed E-state index contributed by atoms with van der Waals surface area (Å²) in [6, 6.07) is 0.338. The Morgan fingerprint density at radius 3 is 2.63 bits per heavy atom. The Morgan fingerprint density at radius 1 is 1.21 bits per heavy atom. The lowest BCUT2D eigenvalue weighted by Crippen LogP contribution is -2.46. The maximum absolute atomic E-state index is 12.3. The number of aliphatic hydroxyl groups excluding tert-OH is 1. The highest BCUT2D eigenvalue weighted by atomic mass is 16.5. The first-order valence-corrected chi connectivity index (χ1v) is 7.68. The minimum Gasteiger partial charge on any atom is -0.396 e. The molecule has 0 spiro atoms. The quantitative estimate of drug-likeness (QED) is 0.847. The normalized spacial score (nSPS) is 29.5.